The molecule has 0 fully saturated rings. The Balaban J connectivity index is 1.14. The number of pyridine rings is 1. The third-order valence-electron chi connectivity index (χ3n) is 11.0. The molecule has 61 heavy (non-hydrogen) atoms. The number of nitrogens with zero attached hydrogens (tertiary/aromatic N) is 4. The Morgan fingerprint density at radius 3 is 2.05 bits per heavy atom. The van der Waals surface area contributed by atoms with Crippen molar-refractivity contribution in [3.63, 3.8) is 0 Å². The third-order valence-corrected chi connectivity index (χ3v) is 11.0. The van der Waals surface area contributed by atoms with E-state index in [-0.39, 0.29) is 27.9 Å². The molecule has 0 spiro atoms. The number of para-hydroxylation sites is 2. The van der Waals surface area contributed by atoms with Crippen LogP contribution in [0.4, 0.5) is 0 Å². The van der Waals surface area contributed by atoms with Crippen molar-refractivity contribution in [2.75, 3.05) is 0 Å². The molecule has 11 aromatic rings. The molecule has 5 nitrogen and oxygen atoms in total. The van der Waals surface area contributed by atoms with Crippen LogP contribution in [0.5, 0.6) is 11.5 Å². The second-order valence-electron chi connectivity index (χ2n) is 14.5. The van der Waals surface area contributed by atoms with Crippen molar-refractivity contribution in [1.82, 2.24) is 14.1 Å². The van der Waals surface area contributed by atoms with Gasteiger partial charge in [-0.15, -0.1) is 0 Å². The highest BCUT2D eigenvalue weighted by Gasteiger charge is 2.21. The van der Waals surface area contributed by atoms with Gasteiger partial charge in [0.25, 0.3) is 6.33 Å². The lowest BCUT2D eigenvalue weighted by Crippen LogP contribution is -2.31. The van der Waals surface area contributed by atoms with E-state index in [1.165, 1.54) is 5.56 Å². The Hall–Kier alpha value is -8.02. The number of rotatable bonds is 9. The van der Waals surface area contributed by atoms with E-state index < -0.39 is 60.4 Å². The lowest BCUT2D eigenvalue weighted by molar-refractivity contribution is -0.571. The second-order valence-corrected chi connectivity index (χ2v) is 14.5. The van der Waals surface area contributed by atoms with Crippen LogP contribution in [-0.4, -0.2) is 14.1 Å². The van der Waals surface area contributed by atoms with Gasteiger partial charge in [-0.2, -0.15) is 0 Å². The van der Waals surface area contributed by atoms with Crippen LogP contribution in [0.15, 0.2) is 212 Å². The van der Waals surface area contributed by atoms with E-state index in [9.17, 15) is 0 Å². The van der Waals surface area contributed by atoms with Gasteiger partial charge in [0.15, 0.2) is 0 Å². The summed E-state index contributed by atoms with van der Waals surface area (Å²) in [4.78, 5) is 4.78. The average molecular weight is 795 g/mol. The highest BCUT2D eigenvalue weighted by Crippen LogP contribution is 2.37. The quantitative estimate of drug-likeness (QED) is 0.108. The zero-order valence-electron chi connectivity index (χ0n) is 42.8. The van der Waals surface area contributed by atoms with Crippen molar-refractivity contribution in [2.24, 2.45) is 0 Å². The fourth-order valence-electron chi connectivity index (χ4n) is 8.12. The van der Waals surface area contributed by atoms with Gasteiger partial charge in [-0.1, -0.05) is 152 Å². The zero-order chi connectivity index (χ0) is 49.4. The van der Waals surface area contributed by atoms with E-state index in [0.29, 0.717) is 28.2 Å². The van der Waals surface area contributed by atoms with Gasteiger partial charge in [-0.3, -0.25) is 13.7 Å². The summed E-state index contributed by atoms with van der Waals surface area (Å²) >= 11 is 0. The molecule has 0 bridgehead atoms. The molecule has 5 heteroatoms. The predicted molar refractivity (Wildman–Crippen MR) is 248 cm³/mol. The minimum atomic E-state index is -0.570. The van der Waals surface area contributed by atoms with Gasteiger partial charge in [0.05, 0.1) is 47.1 Å². The highest BCUT2D eigenvalue weighted by atomic mass is 16.5. The van der Waals surface area contributed by atoms with Crippen LogP contribution < -0.4 is 9.30 Å². The first kappa shape index (κ1) is 26.9. The van der Waals surface area contributed by atoms with Gasteiger partial charge in [0, 0.05) is 23.0 Å². The first-order chi connectivity index (χ1) is 34.3. The molecule has 0 saturated heterocycles. The molecular formula is C56H40N4O. The Labute approximate surface area is 368 Å². The molecule has 0 radical (unpaired) electrons. The Morgan fingerprint density at radius 1 is 0.574 bits per heavy atom. The predicted octanol–water partition coefficient (Wildman–Crippen LogP) is 13.6. The normalized spacial score (nSPS) is 13.7. The molecule has 0 N–H and O–H groups in total. The first-order valence-electron chi connectivity index (χ1n) is 24.9. The third kappa shape index (κ3) is 6.53. The molecular weight excluding hydrogens is 745 g/mol. The highest BCUT2D eigenvalue weighted by molar-refractivity contribution is 6.09. The molecule has 11 rings (SSSR count). The molecule has 0 aliphatic carbocycles. The average Bonchev–Trinajstić information content (AvgIpc) is 3.94. The Kier molecular flexibility index (Phi) is 6.74. The van der Waals surface area contributed by atoms with Gasteiger partial charge < -0.3 is 4.74 Å². The van der Waals surface area contributed by atoms with Crippen molar-refractivity contribution in [1.29, 1.82) is 0 Å². The van der Waals surface area contributed by atoms with Gasteiger partial charge in [0.2, 0.25) is 0 Å². The van der Waals surface area contributed by atoms with Crippen LogP contribution in [0.2, 0.25) is 0 Å². The number of hydrogen-bond acceptors (Lipinski definition) is 2. The molecule has 3 aromatic heterocycles. The monoisotopic (exact) mass is 794 g/mol. The number of aryl methyl sites for hydroxylation is 1. The summed E-state index contributed by atoms with van der Waals surface area (Å²) in [5.74, 6) is 1.90. The lowest BCUT2D eigenvalue weighted by atomic mass is 9.95. The second kappa shape index (κ2) is 15.3. The van der Waals surface area contributed by atoms with Crippen LogP contribution in [-0.2, 0) is 6.42 Å². The van der Waals surface area contributed by atoms with E-state index in [4.69, 9.17) is 23.4 Å². The number of ether oxygens (including phenoxy) is 1. The number of aromatic nitrogens is 4. The van der Waals surface area contributed by atoms with Crippen molar-refractivity contribution >= 4 is 32.8 Å². The number of fused-ring (bicyclic) bond motifs is 4. The molecule has 8 aromatic carbocycles. The Bertz CT molecular complexity index is 3840. The van der Waals surface area contributed by atoms with Crippen LogP contribution in [0.1, 0.15) is 26.2 Å². The smallest absolute Gasteiger partial charge is 0.269 e. The summed E-state index contributed by atoms with van der Waals surface area (Å²) in [5, 5.41) is 2.13. The van der Waals surface area contributed by atoms with E-state index in [1.807, 2.05) is 114 Å². The van der Waals surface area contributed by atoms with Gasteiger partial charge in [0.1, 0.15) is 17.3 Å². The minimum Gasteiger partial charge on any atom is -0.458 e. The summed E-state index contributed by atoms with van der Waals surface area (Å²) in [6.45, 7) is 2.12. The largest absolute Gasteiger partial charge is 0.458 e. The molecule has 0 saturated carbocycles. The van der Waals surface area contributed by atoms with Crippen LogP contribution >= 0.6 is 0 Å². The van der Waals surface area contributed by atoms with Gasteiger partial charge >= 0.3 is 0 Å². The minimum absolute atomic E-state index is 0.136. The summed E-state index contributed by atoms with van der Waals surface area (Å²) in [5.41, 5.74) is 6.94. The van der Waals surface area contributed by atoms with Crippen LogP contribution in [0, 0.1) is 6.33 Å². The molecule has 0 unspecified atom stereocenters. The molecule has 0 amide bonds. The molecule has 3 heterocycles. The molecule has 290 valence electrons. The summed E-state index contributed by atoms with van der Waals surface area (Å²) in [6.07, 6.45) is 6.20. The summed E-state index contributed by atoms with van der Waals surface area (Å²) in [6, 6.07) is 41.1. The number of benzene rings is 8. The fraction of sp³-hybridized carbons (Fsp3) is 0.0357. The van der Waals surface area contributed by atoms with Crippen molar-refractivity contribution < 1.29 is 23.0 Å². The molecule has 0 atom stereocenters. The molecule has 0 aliphatic rings. The van der Waals surface area contributed by atoms with E-state index in [0.717, 1.165) is 45.2 Å². The van der Waals surface area contributed by atoms with Crippen LogP contribution in [0.3, 0.4) is 0 Å². The number of imidazole rings is 1. The zero-order valence-corrected chi connectivity index (χ0v) is 32.8. The van der Waals surface area contributed by atoms with Crippen LogP contribution in [0.25, 0.3) is 83.4 Å². The topological polar surface area (TPSA) is 35.9 Å². The van der Waals surface area contributed by atoms with Gasteiger partial charge in [-0.05, 0) is 100.0 Å². The van der Waals surface area contributed by atoms with Gasteiger partial charge in [-0.25, -0.2) is 4.98 Å². The summed E-state index contributed by atoms with van der Waals surface area (Å²) in [7, 11) is 0. The molecule has 0 aliphatic heterocycles. The maximum atomic E-state index is 9.10. The Morgan fingerprint density at radius 2 is 1.28 bits per heavy atom. The maximum Gasteiger partial charge on any atom is 0.269 e. The SMILES string of the molecule is [2H]c1c([2H])c([2H])c(-c2cccc(-c3c([2H])c([2H])c([2H])c([2H])c3[2H])c2-[n+]2[c-]n(-c3cccc(Oc4ccc5c6ccccc6n(-c6cc(CC)ccn6)c5c4)c3)c3cc(-c4ccccc4)ccc32)c([2H])c1[2H]. The van der Waals surface area contributed by atoms with Crippen molar-refractivity contribution in [2.45, 2.75) is 13.3 Å². The van der Waals surface area contributed by atoms with E-state index in [1.54, 1.807) is 22.8 Å². The first-order valence-corrected chi connectivity index (χ1v) is 19.9. The van der Waals surface area contributed by atoms with E-state index in [2.05, 4.69) is 42.1 Å². The van der Waals surface area contributed by atoms with E-state index >= 15 is 0 Å². The standard InChI is InChI=1S/C56H40N4O/c1-2-39-32-33-57-55(34-39)60-51-27-13-12-24-49(51)50-30-29-46(37-53(50)60)61-45-23-14-22-44(36-45)58-38-59(52-31-28-43(35-54(52)58)40-16-6-3-7-17-40)56-47(41-18-8-4-9-19-41)25-15-26-48(56)42-20-10-5-11-21-42/h3-37H,2H2,1H3/i4D,5D,8D,9D,10D,11D,18D,19D,20D,21D. The lowest BCUT2D eigenvalue weighted by Gasteiger charge is -2.17. The maximum absolute atomic E-state index is 9.10. The fourth-order valence-corrected chi connectivity index (χ4v) is 8.12. The van der Waals surface area contributed by atoms with Crippen molar-refractivity contribution in [3.05, 3.63) is 224 Å². The number of hydrogen-bond donors (Lipinski definition) is 0. The summed E-state index contributed by atoms with van der Waals surface area (Å²) < 4.78 is 100. The van der Waals surface area contributed by atoms with Crippen molar-refractivity contribution in [3.8, 4) is 62.1 Å².